The fourth-order valence-corrected chi connectivity index (χ4v) is 2.20. The fraction of sp³-hybridized carbons (Fsp3) is 0.125. The number of nitrogens with zero attached hydrogens (tertiary/aromatic N) is 1. The van der Waals surface area contributed by atoms with E-state index in [0.717, 1.165) is 21.7 Å². The maximum Gasteiger partial charge on any atom is 0.338 e. The van der Waals surface area contributed by atoms with Crippen molar-refractivity contribution in [1.29, 1.82) is 0 Å². The van der Waals surface area contributed by atoms with Crippen molar-refractivity contribution in [3.05, 3.63) is 54.2 Å². The molecule has 0 saturated heterocycles. The molecule has 0 fully saturated rings. The Morgan fingerprint density at radius 1 is 1.16 bits per heavy atom. The molecule has 1 heterocycles. The second-order valence-electron chi connectivity index (χ2n) is 4.30. The van der Waals surface area contributed by atoms with E-state index in [2.05, 4.69) is 4.98 Å². The van der Waals surface area contributed by atoms with Crippen molar-refractivity contribution in [3.63, 3.8) is 0 Å². The number of hydrogen-bond acceptors (Lipinski definition) is 3. The molecular weight excluding hydrogens is 238 g/mol. The summed E-state index contributed by atoms with van der Waals surface area (Å²) in [5.41, 5.74) is 1.44. The van der Waals surface area contributed by atoms with Crippen LogP contribution in [0.15, 0.2) is 48.7 Å². The van der Waals surface area contributed by atoms with Crippen molar-refractivity contribution in [1.82, 2.24) is 4.98 Å². The highest BCUT2D eigenvalue weighted by Gasteiger charge is 2.09. The van der Waals surface area contributed by atoms with E-state index in [1.165, 1.54) is 0 Å². The van der Waals surface area contributed by atoms with E-state index in [1.54, 1.807) is 13.0 Å². The molecule has 3 rings (SSSR count). The Kier molecular flexibility index (Phi) is 2.88. The van der Waals surface area contributed by atoms with Gasteiger partial charge in [0, 0.05) is 17.0 Å². The summed E-state index contributed by atoms with van der Waals surface area (Å²) in [5, 5.41) is 3.14. The van der Waals surface area contributed by atoms with Crippen LogP contribution in [0.4, 0.5) is 0 Å². The van der Waals surface area contributed by atoms with Crippen molar-refractivity contribution < 1.29 is 9.53 Å². The number of esters is 1. The average Bonchev–Trinajstić information content (AvgIpc) is 2.47. The van der Waals surface area contributed by atoms with Crippen molar-refractivity contribution in [2.45, 2.75) is 6.92 Å². The highest BCUT2D eigenvalue weighted by Crippen LogP contribution is 2.24. The van der Waals surface area contributed by atoms with E-state index in [4.69, 9.17) is 4.74 Å². The third-order valence-electron chi connectivity index (χ3n) is 3.10. The van der Waals surface area contributed by atoms with Gasteiger partial charge in [-0.15, -0.1) is 0 Å². The third-order valence-corrected chi connectivity index (χ3v) is 3.10. The Labute approximate surface area is 110 Å². The topological polar surface area (TPSA) is 39.2 Å². The molecule has 19 heavy (non-hydrogen) atoms. The van der Waals surface area contributed by atoms with Gasteiger partial charge in [-0.3, -0.25) is 4.98 Å². The molecule has 0 saturated carbocycles. The number of benzene rings is 2. The largest absolute Gasteiger partial charge is 0.462 e. The lowest BCUT2D eigenvalue weighted by Gasteiger charge is -2.06. The first-order valence-corrected chi connectivity index (χ1v) is 6.24. The number of fused-ring (bicyclic) bond motifs is 3. The normalized spacial score (nSPS) is 10.8. The second-order valence-corrected chi connectivity index (χ2v) is 4.30. The predicted octanol–water partition coefficient (Wildman–Crippen LogP) is 3.56. The van der Waals surface area contributed by atoms with Gasteiger partial charge in [0.05, 0.1) is 17.7 Å². The molecule has 0 aliphatic carbocycles. The van der Waals surface area contributed by atoms with Crippen LogP contribution < -0.4 is 0 Å². The number of rotatable bonds is 2. The minimum absolute atomic E-state index is 0.294. The van der Waals surface area contributed by atoms with Crippen molar-refractivity contribution in [2.24, 2.45) is 0 Å². The lowest BCUT2D eigenvalue weighted by molar-refractivity contribution is 0.0526. The van der Waals surface area contributed by atoms with E-state index >= 15 is 0 Å². The van der Waals surface area contributed by atoms with Crippen LogP contribution in [0.3, 0.4) is 0 Å². The van der Waals surface area contributed by atoms with Gasteiger partial charge >= 0.3 is 5.97 Å². The molecule has 94 valence electrons. The van der Waals surface area contributed by atoms with Gasteiger partial charge < -0.3 is 4.74 Å². The molecule has 0 unspecified atom stereocenters. The molecule has 0 amide bonds. The third kappa shape index (κ3) is 2.03. The molecule has 3 heteroatoms. The average molecular weight is 251 g/mol. The molecule has 0 aliphatic heterocycles. The first-order valence-electron chi connectivity index (χ1n) is 6.24. The molecule has 0 aliphatic rings. The van der Waals surface area contributed by atoms with Crippen LogP contribution in [-0.2, 0) is 4.74 Å². The van der Waals surface area contributed by atoms with Crippen LogP contribution >= 0.6 is 0 Å². The Bertz CT molecular complexity index is 765. The van der Waals surface area contributed by atoms with Gasteiger partial charge in [-0.1, -0.05) is 24.3 Å². The minimum atomic E-state index is -0.294. The Morgan fingerprint density at radius 2 is 2.00 bits per heavy atom. The minimum Gasteiger partial charge on any atom is -0.462 e. The van der Waals surface area contributed by atoms with E-state index in [-0.39, 0.29) is 5.97 Å². The van der Waals surface area contributed by atoms with Crippen LogP contribution in [0.5, 0.6) is 0 Å². The zero-order valence-corrected chi connectivity index (χ0v) is 10.6. The van der Waals surface area contributed by atoms with Crippen LogP contribution in [0.2, 0.25) is 0 Å². The van der Waals surface area contributed by atoms with Crippen LogP contribution in [0, 0.1) is 0 Å². The summed E-state index contributed by atoms with van der Waals surface area (Å²) >= 11 is 0. The smallest absolute Gasteiger partial charge is 0.338 e. The predicted molar refractivity (Wildman–Crippen MR) is 75.2 cm³/mol. The van der Waals surface area contributed by atoms with E-state index in [9.17, 15) is 4.79 Å². The first-order chi connectivity index (χ1) is 9.29. The zero-order chi connectivity index (χ0) is 13.2. The summed E-state index contributed by atoms with van der Waals surface area (Å²) in [6, 6.07) is 13.5. The van der Waals surface area contributed by atoms with Crippen molar-refractivity contribution in [3.8, 4) is 0 Å². The molecule has 3 aromatic rings. The summed E-state index contributed by atoms with van der Waals surface area (Å²) in [7, 11) is 0. The van der Waals surface area contributed by atoms with Gasteiger partial charge in [-0.2, -0.15) is 0 Å². The van der Waals surface area contributed by atoms with E-state index in [0.29, 0.717) is 12.2 Å². The lowest BCUT2D eigenvalue weighted by Crippen LogP contribution is -2.04. The summed E-state index contributed by atoms with van der Waals surface area (Å²) in [6.45, 7) is 2.18. The Balaban J connectivity index is 2.25. The Morgan fingerprint density at radius 3 is 2.84 bits per heavy atom. The quantitative estimate of drug-likeness (QED) is 0.516. The highest BCUT2D eigenvalue weighted by molar-refractivity contribution is 6.07. The fourth-order valence-electron chi connectivity index (χ4n) is 2.20. The summed E-state index contributed by atoms with van der Waals surface area (Å²) in [6.07, 6.45) is 1.85. The molecule has 0 radical (unpaired) electrons. The molecule has 0 atom stereocenters. The van der Waals surface area contributed by atoms with E-state index in [1.807, 2.05) is 42.6 Å². The lowest BCUT2D eigenvalue weighted by atomic mass is 10.0. The first kappa shape index (κ1) is 11.7. The van der Waals surface area contributed by atoms with Crippen molar-refractivity contribution >= 4 is 27.6 Å². The van der Waals surface area contributed by atoms with Gasteiger partial charge in [0.25, 0.3) is 0 Å². The number of hydrogen-bond donors (Lipinski definition) is 0. The molecule has 3 nitrogen and oxygen atoms in total. The molecular formula is C16H13NO2. The number of pyridine rings is 1. The Hall–Kier alpha value is -2.42. The molecule has 2 aromatic carbocycles. The summed E-state index contributed by atoms with van der Waals surface area (Å²) < 4.78 is 5.03. The van der Waals surface area contributed by atoms with Crippen LogP contribution in [0.1, 0.15) is 17.3 Å². The highest BCUT2D eigenvalue weighted by atomic mass is 16.5. The monoisotopic (exact) mass is 251 g/mol. The summed E-state index contributed by atoms with van der Waals surface area (Å²) in [5.74, 6) is -0.294. The maximum atomic E-state index is 11.8. The standard InChI is InChI=1S/C16H13NO2/c1-2-19-16(18)11-7-8-15-14(9-11)13-6-4-3-5-12(13)10-17-15/h3-10H,2H2,1H3. The molecule has 0 bridgehead atoms. The second kappa shape index (κ2) is 4.69. The number of carbonyl (C=O) groups excluding carboxylic acids is 1. The van der Waals surface area contributed by atoms with Gasteiger partial charge in [-0.05, 0) is 30.5 Å². The van der Waals surface area contributed by atoms with Gasteiger partial charge in [0.2, 0.25) is 0 Å². The number of ether oxygens (including phenoxy) is 1. The van der Waals surface area contributed by atoms with Gasteiger partial charge in [-0.25, -0.2) is 4.79 Å². The zero-order valence-electron chi connectivity index (χ0n) is 10.6. The number of carbonyl (C=O) groups is 1. The SMILES string of the molecule is CCOC(=O)c1ccc2ncc3ccccc3c2c1. The number of aromatic nitrogens is 1. The van der Waals surface area contributed by atoms with Crippen molar-refractivity contribution in [2.75, 3.05) is 6.61 Å². The van der Waals surface area contributed by atoms with Crippen LogP contribution in [-0.4, -0.2) is 17.6 Å². The van der Waals surface area contributed by atoms with Crippen LogP contribution in [0.25, 0.3) is 21.7 Å². The summed E-state index contributed by atoms with van der Waals surface area (Å²) in [4.78, 5) is 16.2. The molecule has 0 N–H and O–H groups in total. The molecule has 1 aromatic heterocycles. The van der Waals surface area contributed by atoms with Gasteiger partial charge in [0.1, 0.15) is 0 Å². The van der Waals surface area contributed by atoms with E-state index < -0.39 is 0 Å². The molecule has 0 spiro atoms. The van der Waals surface area contributed by atoms with Gasteiger partial charge in [0.15, 0.2) is 0 Å². The maximum absolute atomic E-state index is 11.8.